The number of nitrogens with zero attached hydrogens (tertiary/aromatic N) is 2. The van der Waals surface area contributed by atoms with Crippen molar-refractivity contribution in [1.82, 2.24) is 4.90 Å². The molecule has 29 heavy (non-hydrogen) atoms. The Morgan fingerprint density at radius 1 is 1.07 bits per heavy atom. The standard InChI is InChI=1S/C23H27FN2O3/c1-3-29-22-7-5-4-6-18(22)9-11-23(28)26-14-12-25(13-15-26)21-10-8-19(17(2)27)16-20(21)24/h4-8,10,16H,3,9,11-15H2,1-2H3. The molecule has 0 aliphatic carbocycles. The van der Waals surface area contributed by atoms with Crippen LogP contribution in [-0.4, -0.2) is 49.4 Å². The minimum atomic E-state index is -0.398. The summed E-state index contributed by atoms with van der Waals surface area (Å²) in [5.74, 6) is 0.377. The van der Waals surface area contributed by atoms with Crippen LogP contribution in [0, 0.1) is 5.82 Å². The summed E-state index contributed by atoms with van der Waals surface area (Å²) in [7, 11) is 0. The molecule has 154 valence electrons. The summed E-state index contributed by atoms with van der Waals surface area (Å²) >= 11 is 0. The van der Waals surface area contributed by atoms with Crippen LogP contribution in [-0.2, 0) is 11.2 Å². The Kier molecular flexibility index (Phi) is 6.86. The zero-order chi connectivity index (χ0) is 20.8. The number of carbonyl (C=O) groups excluding carboxylic acids is 2. The number of halogens is 1. The number of para-hydroxylation sites is 1. The molecule has 0 radical (unpaired) electrons. The minimum Gasteiger partial charge on any atom is -0.494 e. The van der Waals surface area contributed by atoms with E-state index < -0.39 is 5.82 Å². The number of rotatable bonds is 7. The Hall–Kier alpha value is -2.89. The normalized spacial score (nSPS) is 14.0. The molecule has 2 aromatic carbocycles. The van der Waals surface area contributed by atoms with Crippen LogP contribution in [0.5, 0.6) is 5.75 Å². The van der Waals surface area contributed by atoms with Gasteiger partial charge in [0.05, 0.1) is 12.3 Å². The van der Waals surface area contributed by atoms with Crippen LogP contribution >= 0.6 is 0 Å². The summed E-state index contributed by atoms with van der Waals surface area (Å²) in [6.45, 7) is 6.20. The van der Waals surface area contributed by atoms with Gasteiger partial charge in [-0.15, -0.1) is 0 Å². The van der Waals surface area contributed by atoms with E-state index in [0.717, 1.165) is 11.3 Å². The van der Waals surface area contributed by atoms with Crippen molar-refractivity contribution in [3.63, 3.8) is 0 Å². The highest BCUT2D eigenvalue weighted by molar-refractivity contribution is 5.94. The first-order chi connectivity index (χ1) is 14.0. The van der Waals surface area contributed by atoms with E-state index in [0.29, 0.717) is 56.9 Å². The largest absolute Gasteiger partial charge is 0.494 e. The fraction of sp³-hybridized carbons (Fsp3) is 0.391. The maximum absolute atomic E-state index is 14.4. The molecule has 1 fully saturated rings. The Balaban J connectivity index is 1.54. The Morgan fingerprint density at radius 3 is 2.45 bits per heavy atom. The van der Waals surface area contributed by atoms with Gasteiger partial charge < -0.3 is 14.5 Å². The lowest BCUT2D eigenvalue weighted by atomic mass is 10.1. The van der Waals surface area contributed by atoms with Crippen LogP contribution in [0.2, 0.25) is 0 Å². The predicted octanol–water partition coefficient (Wildman–Crippen LogP) is 3.71. The molecular weight excluding hydrogens is 371 g/mol. The predicted molar refractivity (Wildman–Crippen MR) is 111 cm³/mol. The van der Waals surface area contributed by atoms with Gasteiger partial charge in [0.2, 0.25) is 5.91 Å². The lowest BCUT2D eigenvalue weighted by Crippen LogP contribution is -2.49. The number of piperazine rings is 1. The molecule has 0 atom stereocenters. The topological polar surface area (TPSA) is 49.9 Å². The molecule has 2 aromatic rings. The quantitative estimate of drug-likeness (QED) is 0.667. The number of hydrogen-bond donors (Lipinski definition) is 0. The molecule has 1 heterocycles. The third-order valence-electron chi connectivity index (χ3n) is 5.21. The maximum atomic E-state index is 14.4. The maximum Gasteiger partial charge on any atom is 0.223 e. The molecular formula is C23H27FN2O3. The molecule has 6 heteroatoms. The molecule has 1 saturated heterocycles. The Morgan fingerprint density at radius 2 is 1.79 bits per heavy atom. The van der Waals surface area contributed by atoms with Crippen molar-refractivity contribution in [3.05, 3.63) is 59.4 Å². The average molecular weight is 398 g/mol. The number of ketones is 1. The van der Waals surface area contributed by atoms with Gasteiger partial charge in [0.15, 0.2) is 5.78 Å². The van der Waals surface area contributed by atoms with Gasteiger partial charge in [-0.3, -0.25) is 9.59 Å². The minimum absolute atomic E-state index is 0.100. The zero-order valence-electron chi connectivity index (χ0n) is 17.0. The number of hydrogen-bond acceptors (Lipinski definition) is 4. The van der Waals surface area contributed by atoms with E-state index in [1.807, 2.05) is 41.0 Å². The van der Waals surface area contributed by atoms with Crippen molar-refractivity contribution in [3.8, 4) is 5.75 Å². The van der Waals surface area contributed by atoms with Crippen molar-refractivity contribution in [1.29, 1.82) is 0 Å². The number of amides is 1. The highest BCUT2D eigenvalue weighted by Crippen LogP contribution is 2.23. The summed E-state index contributed by atoms with van der Waals surface area (Å²) in [5, 5.41) is 0. The summed E-state index contributed by atoms with van der Waals surface area (Å²) in [6.07, 6.45) is 1.06. The van der Waals surface area contributed by atoms with Crippen LogP contribution in [0.3, 0.4) is 0 Å². The van der Waals surface area contributed by atoms with Gasteiger partial charge in [-0.05, 0) is 50.1 Å². The molecule has 1 aliphatic rings. The van der Waals surface area contributed by atoms with Crippen LogP contribution in [0.25, 0.3) is 0 Å². The molecule has 1 aliphatic heterocycles. The average Bonchev–Trinajstić information content (AvgIpc) is 2.73. The molecule has 0 spiro atoms. The lowest BCUT2D eigenvalue weighted by Gasteiger charge is -2.36. The van der Waals surface area contributed by atoms with Crippen molar-refractivity contribution >= 4 is 17.4 Å². The second-order valence-corrected chi connectivity index (χ2v) is 7.13. The van der Waals surface area contributed by atoms with E-state index in [-0.39, 0.29) is 11.7 Å². The van der Waals surface area contributed by atoms with Gasteiger partial charge in [-0.2, -0.15) is 0 Å². The summed E-state index contributed by atoms with van der Waals surface area (Å²) in [4.78, 5) is 27.8. The molecule has 1 amide bonds. The second kappa shape index (κ2) is 9.54. The van der Waals surface area contributed by atoms with Gasteiger partial charge in [0.25, 0.3) is 0 Å². The van der Waals surface area contributed by atoms with E-state index in [9.17, 15) is 14.0 Å². The SMILES string of the molecule is CCOc1ccccc1CCC(=O)N1CCN(c2ccc(C(C)=O)cc2F)CC1. The molecule has 3 rings (SSSR count). The fourth-order valence-corrected chi connectivity index (χ4v) is 3.59. The van der Waals surface area contributed by atoms with E-state index in [1.165, 1.54) is 13.0 Å². The number of aryl methyl sites for hydroxylation is 1. The van der Waals surface area contributed by atoms with E-state index in [4.69, 9.17) is 4.74 Å². The number of carbonyl (C=O) groups is 2. The van der Waals surface area contributed by atoms with Gasteiger partial charge in [0.1, 0.15) is 11.6 Å². The molecule has 5 nitrogen and oxygen atoms in total. The highest BCUT2D eigenvalue weighted by atomic mass is 19.1. The van der Waals surface area contributed by atoms with Gasteiger partial charge in [-0.25, -0.2) is 4.39 Å². The van der Waals surface area contributed by atoms with Crippen LogP contribution in [0.4, 0.5) is 10.1 Å². The van der Waals surface area contributed by atoms with E-state index in [1.54, 1.807) is 12.1 Å². The van der Waals surface area contributed by atoms with Crippen LogP contribution < -0.4 is 9.64 Å². The number of benzene rings is 2. The van der Waals surface area contributed by atoms with Gasteiger partial charge in [0, 0.05) is 38.2 Å². The summed E-state index contributed by atoms with van der Waals surface area (Å²) < 4.78 is 20.0. The number of Topliss-reactive ketones (excluding diaryl/α,β-unsaturated/α-hetero) is 1. The first kappa shape index (κ1) is 20.8. The zero-order valence-corrected chi connectivity index (χ0v) is 17.0. The monoisotopic (exact) mass is 398 g/mol. The first-order valence-electron chi connectivity index (χ1n) is 10.0. The molecule has 0 unspecified atom stereocenters. The fourth-order valence-electron chi connectivity index (χ4n) is 3.59. The number of ether oxygens (including phenoxy) is 1. The van der Waals surface area contributed by atoms with Gasteiger partial charge in [-0.1, -0.05) is 18.2 Å². The van der Waals surface area contributed by atoms with E-state index in [2.05, 4.69) is 0 Å². The van der Waals surface area contributed by atoms with Crippen molar-refractivity contribution < 1.29 is 18.7 Å². The smallest absolute Gasteiger partial charge is 0.223 e. The molecule has 0 saturated carbocycles. The lowest BCUT2D eigenvalue weighted by molar-refractivity contribution is -0.131. The molecule has 0 aromatic heterocycles. The molecule has 0 bridgehead atoms. The van der Waals surface area contributed by atoms with Crippen LogP contribution in [0.15, 0.2) is 42.5 Å². The second-order valence-electron chi connectivity index (χ2n) is 7.13. The third-order valence-corrected chi connectivity index (χ3v) is 5.21. The van der Waals surface area contributed by atoms with Crippen molar-refractivity contribution in [2.45, 2.75) is 26.7 Å². The number of anilines is 1. The third kappa shape index (κ3) is 5.13. The van der Waals surface area contributed by atoms with Crippen LogP contribution in [0.1, 0.15) is 36.2 Å². The van der Waals surface area contributed by atoms with Crippen molar-refractivity contribution in [2.24, 2.45) is 0 Å². The Labute approximate surface area is 171 Å². The molecule has 0 N–H and O–H groups in total. The highest BCUT2D eigenvalue weighted by Gasteiger charge is 2.23. The van der Waals surface area contributed by atoms with E-state index >= 15 is 0 Å². The summed E-state index contributed by atoms with van der Waals surface area (Å²) in [6, 6.07) is 12.4. The van der Waals surface area contributed by atoms with Gasteiger partial charge >= 0.3 is 0 Å². The summed E-state index contributed by atoms with van der Waals surface area (Å²) in [5.41, 5.74) is 1.88. The Bertz CT molecular complexity index is 876. The first-order valence-corrected chi connectivity index (χ1v) is 10.0. The van der Waals surface area contributed by atoms with Crippen molar-refractivity contribution in [2.75, 3.05) is 37.7 Å².